The summed E-state index contributed by atoms with van der Waals surface area (Å²) in [5.74, 6) is 0.249. The van der Waals surface area contributed by atoms with Crippen molar-refractivity contribution in [3.05, 3.63) is 58.1 Å². The van der Waals surface area contributed by atoms with Gasteiger partial charge in [-0.25, -0.2) is 0 Å². The number of hydrogen-bond donors (Lipinski definition) is 2. The van der Waals surface area contributed by atoms with Gasteiger partial charge in [-0.2, -0.15) is 0 Å². The third-order valence-electron chi connectivity index (χ3n) is 3.23. The average molecular weight is 337 g/mol. The van der Waals surface area contributed by atoms with Gasteiger partial charge in [-0.1, -0.05) is 55.2 Å². The molecule has 0 aliphatic carbocycles. The van der Waals surface area contributed by atoms with Crippen LogP contribution in [0, 0.1) is 0 Å². The van der Waals surface area contributed by atoms with Gasteiger partial charge >= 0.3 is 0 Å². The Morgan fingerprint density at radius 2 is 1.82 bits per heavy atom. The summed E-state index contributed by atoms with van der Waals surface area (Å²) in [6.45, 7) is 4.43. The minimum absolute atomic E-state index is 0.142. The molecule has 0 aliphatic heterocycles. The largest absolute Gasteiger partial charge is 0.376 e. The highest BCUT2D eigenvalue weighted by molar-refractivity contribution is 6.42. The molecule has 0 unspecified atom stereocenters. The first-order valence-corrected chi connectivity index (χ1v) is 7.80. The predicted octanol–water partition coefficient (Wildman–Crippen LogP) is 5.17. The first kappa shape index (κ1) is 16.7. The predicted molar refractivity (Wildman–Crippen MR) is 94.1 cm³/mol. The van der Waals surface area contributed by atoms with Gasteiger partial charge < -0.3 is 10.6 Å². The van der Waals surface area contributed by atoms with Gasteiger partial charge in [-0.05, 0) is 35.7 Å². The standard InChI is InChI=1S/C17H18Cl2N2O/c1-11(2)13-5-3-4-6-16(13)20-10-17(22)21-12-7-8-14(18)15(19)9-12/h3-9,11,20H,10H2,1-2H3,(H,21,22). The summed E-state index contributed by atoms with van der Waals surface area (Å²) in [5.41, 5.74) is 2.78. The molecule has 22 heavy (non-hydrogen) atoms. The van der Waals surface area contributed by atoms with Crippen molar-refractivity contribution < 1.29 is 4.79 Å². The molecule has 0 saturated heterocycles. The van der Waals surface area contributed by atoms with Crippen molar-refractivity contribution in [3.8, 4) is 0 Å². The normalized spacial score (nSPS) is 10.6. The number of carbonyl (C=O) groups excluding carboxylic acids is 1. The van der Waals surface area contributed by atoms with Crippen molar-refractivity contribution in [2.75, 3.05) is 17.2 Å². The Morgan fingerprint density at radius 3 is 2.50 bits per heavy atom. The average Bonchev–Trinajstić information content (AvgIpc) is 2.49. The van der Waals surface area contributed by atoms with Crippen molar-refractivity contribution in [2.24, 2.45) is 0 Å². The number of amides is 1. The van der Waals surface area contributed by atoms with E-state index in [9.17, 15) is 4.79 Å². The van der Waals surface area contributed by atoms with Gasteiger partial charge in [-0.3, -0.25) is 4.79 Å². The zero-order valence-corrected chi connectivity index (χ0v) is 14.0. The third-order valence-corrected chi connectivity index (χ3v) is 3.96. The minimum atomic E-state index is -0.142. The molecule has 2 rings (SSSR count). The quantitative estimate of drug-likeness (QED) is 0.790. The molecule has 0 radical (unpaired) electrons. The lowest BCUT2D eigenvalue weighted by molar-refractivity contribution is -0.114. The smallest absolute Gasteiger partial charge is 0.243 e. The van der Waals surface area contributed by atoms with Gasteiger partial charge in [0.1, 0.15) is 0 Å². The molecule has 5 heteroatoms. The second-order valence-electron chi connectivity index (χ2n) is 5.27. The van der Waals surface area contributed by atoms with Crippen LogP contribution in [0.4, 0.5) is 11.4 Å². The van der Waals surface area contributed by atoms with E-state index in [0.717, 1.165) is 5.69 Å². The number of nitrogens with one attached hydrogen (secondary N) is 2. The van der Waals surface area contributed by atoms with Gasteiger partial charge in [0, 0.05) is 11.4 Å². The van der Waals surface area contributed by atoms with Crippen LogP contribution in [-0.2, 0) is 4.79 Å². The minimum Gasteiger partial charge on any atom is -0.376 e. The Hall–Kier alpha value is -1.71. The van der Waals surface area contributed by atoms with Gasteiger partial charge in [0.05, 0.1) is 16.6 Å². The maximum atomic E-state index is 12.0. The van der Waals surface area contributed by atoms with E-state index in [1.165, 1.54) is 5.56 Å². The summed E-state index contributed by atoms with van der Waals surface area (Å²) in [7, 11) is 0. The van der Waals surface area contributed by atoms with Crippen LogP contribution in [0.25, 0.3) is 0 Å². The molecule has 2 N–H and O–H groups in total. The van der Waals surface area contributed by atoms with E-state index < -0.39 is 0 Å². The Kier molecular flexibility index (Phi) is 5.69. The van der Waals surface area contributed by atoms with Crippen LogP contribution in [-0.4, -0.2) is 12.5 Å². The van der Waals surface area contributed by atoms with Crippen molar-refractivity contribution in [1.29, 1.82) is 0 Å². The topological polar surface area (TPSA) is 41.1 Å². The van der Waals surface area contributed by atoms with Gasteiger partial charge in [-0.15, -0.1) is 0 Å². The van der Waals surface area contributed by atoms with Gasteiger partial charge in [0.2, 0.25) is 5.91 Å². The molecular formula is C17H18Cl2N2O. The van der Waals surface area contributed by atoms with Crippen molar-refractivity contribution in [1.82, 2.24) is 0 Å². The van der Waals surface area contributed by atoms with Crippen LogP contribution in [0.1, 0.15) is 25.3 Å². The number of carbonyl (C=O) groups is 1. The molecule has 0 aliphatic rings. The Balaban J connectivity index is 1.97. The number of benzene rings is 2. The molecule has 1 amide bonds. The van der Waals surface area contributed by atoms with Crippen LogP contribution < -0.4 is 10.6 Å². The molecule has 0 saturated carbocycles. The molecule has 0 bridgehead atoms. The maximum absolute atomic E-state index is 12.0. The summed E-state index contributed by atoms with van der Waals surface area (Å²) in [5, 5.41) is 6.83. The second-order valence-corrected chi connectivity index (χ2v) is 6.09. The first-order chi connectivity index (χ1) is 10.5. The highest BCUT2D eigenvalue weighted by Gasteiger charge is 2.08. The SMILES string of the molecule is CC(C)c1ccccc1NCC(=O)Nc1ccc(Cl)c(Cl)c1. The number of anilines is 2. The fourth-order valence-corrected chi connectivity index (χ4v) is 2.41. The molecule has 0 heterocycles. The zero-order valence-electron chi connectivity index (χ0n) is 12.5. The Bertz CT molecular complexity index is 671. The van der Waals surface area contributed by atoms with E-state index in [2.05, 4.69) is 30.5 Å². The number of hydrogen-bond acceptors (Lipinski definition) is 2. The summed E-state index contributed by atoms with van der Waals surface area (Å²) in [4.78, 5) is 12.0. The summed E-state index contributed by atoms with van der Waals surface area (Å²) in [6.07, 6.45) is 0. The second kappa shape index (κ2) is 7.52. The molecule has 0 spiro atoms. The maximum Gasteiger partial charge on any atom is 0.243 e. The van der Waals surface area contributed by atoms with Crippen LogP contribution in [0.3, 0.4) is 0 Å². The molecule has 0 aromatic heterocycles. The first-order valence-electron chi connectivity index (χ1n) is 7.05. The molecule has 116 valence electrons. The van der Waals surface area contributed by atoms with Crippen molar-refractivity contribution >= 4 is 40.5 Å². The van der Waals surface area contributed by atoms with E-state index in [-0.39, 0.29) is 12.5 Å². The molecule has 0 atom stereocenters. The van der Waals surface area contributed by atoms with Gasteiger partial charge in [0.25, 0.3) is 0 Å². The van der Waals surface area contributed by atoms with Crippen LogP contribution in [0.2, 0.25) is 10.0 Å². The highest BCUT2D eigenvalue weighted by Crippen LogP contribution is 2.25. The fraction of sp³-hybridized carbons (Fsp3) is 0.235. The molecule has 2 aromatic carbocycles. The Labute approximate surface area is 140 Å². The lowest BCUT2D eigenvalue weighted by Gasteiger charge is -2.14. The molecular weight excluding hydrogens is 319 g/mol. The fourth-order valence-electron chi connectivity index (χ4n) is 2.12. The number of halogens is 2. The highest BCUT2D eigenvalue weighted by atomic mass is 35.5. The summed E-state index contributed by atoms with van der Waals surface area (Å²) >= 11 is 11.8. The zero-order chi connectivity index (χ0) is 16.1. The lowest BCUT2D eigenvalue weighted by Crippen LogP contribution is -2.22. The van der Waals surface area contributed by atoms with E-state index in [1.54, 1.807) is 18.2 Å². The monoisotopic (exact) mass is 336 g/mol. The van der Waals surface area contributed by atoms with Crippen LogP contribution in [0.5, 0.6) is 0 Å². The lowest BCUT2D eigenvalue weighted by atomic mass is 10.0. The van der Waals surface area contributed by atoms with Gasteiger partial charge in [0.15, 0.2) is 0 Å². The van der Waals surface area contributed by atoms with E-state index in [4.69, 9.17) is 23.2 Å². The van der Waals surface area contributed by atoms with E-state index in [0.29, 0.717) is 21.7 Å². The number of rotatable bonds is 5. The van der Waals surface area contributed by atoms with E-state index in [1.807, 2.05) is 18.2 Å². The van der Waals surface area contributed by atoms with Crippen LogP contribution >= 0.6 is 23.2 Å². The third kappa shape index (κ3) is 4.39. The molecule has 0 fully saturated rings. The summed E-state index contributed by atoms with van der Waals surface area (Å²) in [6, 6.07) is 13.0. The van der Waals surface area contributed by atoms with Crippen LogP contribution in [0.15, 0.2) is 42.5 Å². The summed E-state index contributed by atoms with van der Waals surface area (Å²) < 4.78 is 0. The Morgan fingerprint density at radius 1 is 1.09 bits per heavy atom. The molecule has 3 nitrogen and oxygen atoms in total. The van der Waals surface area contributed by atoms with E-state index >= 15 is 0 Å². The molecule has 2 aromatic rings. The number of para-hydroxylation sites is 1. The van der Waals surface area contributed by atoms with Crippen molar-refractivity contribution in [2.45, 2.75) is 19.8 Å². The van der Waals surface area contributed by atoms with Crippen molar-refractivity contribution in [3.63, 3.8) is 0 Å².